The number of methoxy groups -OCH3 is 1. The predicted octanol–water partition coefficient (Wildman–Crippen LogP) is 1.84. The molecule has 33 heavy (non-hydrogen) atoms. The molecule has 3 aliphatic rings. The minimum absolute atomic E-state index is 0.0678. The molecule has 3 N–H and O–H groups in total. The molecule has 0 spiro atoms. The molecule has 1 heterocycles. The SMILES string of the molecule is COc1cccc2c1C=C(C(=O)N[C@@H](CC1CC1)C(=O)N[C@H](C#N)C[C@@H]1CCCNC1=O)C2. The average molecular weight is 451 g/mol. The largest absolute Gasteiger partial charge is 0.496 e. The number of benzene rings is 1. The van der Waals surface area contributed by atoms with Gasteiger partial charge in [0.15, 0.2) is 0 Å². The Labute approximate surface area is 193 Å². The van der Waals surface area contributed by atoms with E-state index in [1.165, 1.54) is 0 Å². The van der Waals surface area contributed by atoms with E-state index in [0.717, 1.165) is 30.4 Å². The van der Waals surface area contributed by atoms with Crippen LogP contribution in [0.5, 0.6) is 5.75 Å². The molecule has 2 fully saturated rings. The number of rotatable bonds is 9. The van der Waals surface area contributed by atoms with Gasteiger partial charge in [0.05, 0.1) is 13.2 Å². The molecule has 4 rings (SSSR count). The molecule has 0 aromatic heterocycles. The first-order valence-electron chi connectivity index (χ1n) is 11.6. The fourth-order valence-corrected chi connectivity index (χ4v) is 4.59. The van der Waals surface area contributed by atoms with Crippen LogP contribution in [0.2, 0.25) is 0 Å². The van der Waals surface area contributed by atoms with Crippen LogP contribution in [-0.4, -0.2) is 43.5 Å². The number of ether oxygens (including phenoxy) is 1. The van der Waals surface area contributed by atoms with Crippen LogP contribution < -0.4 is 20.7 Å². The third-order valence-corrected chi connectivity index (χ3v) is 6.65. The Kier molecular flexibility index (Phi) is 6.97. The van der Waals surface area contributed by atoms with Crippen LogP contribution in [0.25, 0.3) is 6.08 Å². The van der Waals surface area contributed by atoms with Crippen molar-refractivity contribution < 1.29 is 19.1 Å². The van der Waals surface area contributed by atoms with Crippen LogP contribution in [-0.2, 0) is 20.8 Å². The topological polar surface area (TPSA) is 120 Å². The zero-order valence-electron chi connectivity index (χ0n) is 18.9. The Bertz CT molecular complexity index is 1010. The van der Waals surface area contributed by atoms with E-state index >= 15 is 0 Å². The van der Waals surface area contributed by atoms with E-state index in [1.807, 2.05) is 24.3 Å². The summed E-state index contributed by atoms with van der Waals surface area (Å²) in [4.78, 5) is 38.1. The lowest BCUT2D eigenvalue weighted by Crippen LogP contribution is -2.51. The van der Waals surface area contributed by atoms with Crippen molar-refractivity contribution in [1.29, 1.82) is 5.26 Å². The fraction of sp³-hybridized carbons (Fsp3) is 0.520. The summed E-state index contributed by atoms with van der Waals surface area (Å²) in [5, 5.41) is 18.0. The quantitative estimate of drug-likeness (QED) is 0.530. The number of carbonyl (C=O) groups is 3. The van der Waals surface area contributed by atoms with E-state index in [0.29, 0.717) is 43.0 Å². The molecule has 0 radical (unpaired) electrons. The van der Waals surface area contributed by atoms with Crippen molar-refractivity contribution in [2.75, 3.05) is 13.7 Å². The zero-order valence-corrected chi connectivity index (χ0v) is 18.9. The van der Waals surface area contributed by atoms with Gasteiger partial charge >= 0.3 is 0 Å². The van der Waals surface area contributed by atoms with Crippen LogP contribution in [0.15, 0.2) is 23.8 Å². The Morgan fingerprint density at radius 3 is 2.76 bits per heavy atom. The molecular weight excluding hydrogens is 420 g/mol. The molecule has 2 aliphatic carbocycles. The highest BCUT2D eigenvalue weighted by Gasteiger charge is 2.33. The molecule has 3 atom stereocenters. The molecule has 8 nitrogen and oxygen atoms in total. The van der Waals surface area contributed by atoms with Gasteiger partial charge < -0.3 is 20.7 Å². The Balaban J connectivity index is 1.40. The highest BCUT2D eigenvalue weighted by atomic mass is 16.5. The summed E-state index contributed by atoms with van der Waals surface area (Å²) in [7, 11) is 1.60. The molecule has 0 unspecified atom stereocenters. The summed E-state index contributed by atoms with van der Waals surface area (Å²) in [5.41, 5.74) is 2.49. The second-order valence-electron chi connectivity index (χ2n) is 9.14. The molecule has 1 saturated carbocycles. The van der Waals surface area contributed by atoms with Gasteiger partial charge in [-0.05, 0) is 49.3 Å². The summed E-state index contributed by atoms with van der Waals surface area (Å²) >= 11 is 0. The first-order valence-corrected chi connectivity index (χ1v) is 11.6. The molecule has 0 bridgehead atoms. The smallest absolute Gasteiger partial charge is 0.248 e. The lowest BCUT2D eigenvalue weighted by atomic mass is 9.92. The number of carbonyl (C=O) groups excluding carboxylic acids is 3. The van der Waals surface area contributed by atoms with Crippen LogP contribution in [0.3, 0.4) is 0 Å². The molecule has 8 heteroatoms. The Morgan fingerprint density at radius 1 is 1.24 bits per heavy atom. The Hall–Kier alpha value is -3.34. The minimum Gasteiger partial charge on any atom is -0.496 e. The first-order chi connectivity index (χ1) is 16.0. The number of nitriles is 1. The second-order valence-corrected chi connectivity index (χ2v) is 9.14. The summed E-state index contributed by atoms with van der Waals surface area (Å²) in [5.74, 6) is 0.117. The maximum atomic E-state index is 13.1. The molecule has 3 amide bonds. The molecule has 1 aromatic carbocycles. The zero-order chi connectivity index (χ0) is 23.4. The van der Waals surface area contributed by atoms with E-state index < -0.39 is 12.1 Å². The van der Waals surface area contributed by atoms with Crippen LogP contribution >= 0.6 is 0 Å². The molecule has 1 saturated heterocycles. The standard InChI is InChI=1S/C25H30N4O4/c1-33-22-6-2-4-16-11-18(13-20(16)22)24(31)29-21(10-15-7-8-15)25(32)28-19(14-26)12-17-5-3-9-27-23(17)30/h2,4,6,13,15,17,19,21H,3,5,7-12H2,1H3,(H,27,30)(H,28,32)(H,29,31)/t17-,19-,21-/m0/s1. The third kappa shape index (κ3) is 5.54. The minimum atomic E-state index is -0.774. The lowest BCUT2D eigenvalue weighted by molar-refractivity contribution is -0.129. The summed E-state index contributed by atoms with van der Waals surface area (Å²) < 4.78 is 5.39. The van der Waals surface area contributed by atoms with Crippen molar-refractivity contribution in [3.63, 3.8) is 0 Å². The van der Waals surface area contributed by atoms with E-state index in [4.69, 9.17) is 4.74 Å². The van der Waals surface area contributed by atoms with E-state index in [9.17, 15) is 19.6 Å². The van der Waals surface area contributed by atoms with Gasteiger partial charge in [-0.2, -0.15) is 5.26 Å². The Morgan fingerprint density at radius 2 is 2.06 bits per heavy atom. The number of hydrogen-bond acceptors (Lipinski definition) is 5. The monoisotopic (exact) mass is 450 g/mol. The number of amides is 3. The number of piperidine rings is 1. The highest BCUT2D eigenvalue weighted by Crippen LogP contribution is 2.35. The van der Waals surface area contributed by atoms with Crippen LogP contribution in [0.4, 0.5) is 0 Å². The molecular formula is C25H30N4O4. The van der Waals surface area contributed by atoms with E-state index in [-0.39, 0.29) is 30.1 Å². The van der Waals surface area contributed by atoms with Gasteiger partial charge in [0.25, 0.3) is 0 Å². The van der Waals surface area contributed by atoms with Gasteiger partial charge in [0.2, 0.25) is 17.7 Å². The molecule has 174 valence electrons. The van der Waals surface area contributed by atoms with Crippen LogP contribution in [0.1, 0.15) is 49.7 Å². The molecule has 1 aliphatic heterocycles. The van der Waals surface area contributed by atoms with Crippen molar-refractivity contribution in [2.24, 2.45) is 11.8 Å². The van der Waals surface area contributed by atoms with Gasteiger partial charge in [0, 0.05) is 30.0 Å². The maximum absolute atomic E-state index is 13.1. The van der Waals surface area contributed by atoms with Crippen molar-refractivity contribution in [3.05, 3.63) is 34.9 Å². The van der Waals surface area contributed by atoms with Gasteiger partial charge in [-0.3, -0.25) is 14.4 Å². The van der Waals surface area contributed by atoms with Crippen LogP contribution in [0, 0.1) is 23.2 Å². The second kappa shape index (κ2) is 10.1. The number of nitrogens with one attached hydrogen (secondary N) is 3. The number of nitrogens with zero attached hydrogens (tertiary/aromatic N) is 1. The van der Waals surface area contributed by atoms with Gasteiger partial charge in [-0.15, -0.1) is 0 Å². The predicted molar refractivity (Wildman–Crippen MR) is 122 cm³/mol. The number of fused-ring (bicyclic) bond motifs is 1. The summed E-state index contributed by atoms with van der Waals surface area (Å²) in [6.07, 6.45) is 6.76. The van der Waals surface area contributed by atoms with Gasteiger partial charge in [-0.1, -0.05) is 25.0 Å². The van der Waals surface area contributed by atoms with Gasteiger partial charge in [-0.25, -0.2) is 0 Å². The third-order valence-electron chi connectivity index (χ3n) is 6.65. The maximum Gasteiger partial charge on any atom is 0.248 e. The summed E-state index contributed by atoms with van der Waals surface area (Å²) in [6, 6.07) is 6.33. The highest BCUT2D eigenvalue weighted by molar-refractivity contribution is 6.02. The average Bonchev–Trinajstić information content (AvgIpc) is 3.53. The number of hydrogen-bond donors (Lipinski definition) is 3. The molecule has 1 aromatic rings. The lowest BCUT2D eigenvalue weighted by Gasteiger charge is -2.25. The van der Waals surface area contributed by atoms with Gasteiger partial charge in [0.1, 0.15) is 17.8 Å². The first kappa shape index (κ1) is 22.8. The van der Waals surface area contributed by atoms with E-state index in [1.54, 1.807) is 7.11 Å². The van der Waals surface area contributed by atoms with Crippen molar-refractivity contribution in [2.45, 2.75) is 57.0 Å². The van der Waals surface area contributed by atoms with Crippen molar-refractivity contribution in [3.8, 4) is 11.8 Å². The normalized spacial score (nSPS) is 21.0. The van der Waals surface area contributed by atoms with Crippen molar-refractivity contribution >= 4 is 23.8 Å². The van der Waals surface area contributed by atoms with Crippen molar-refractivity contribution in [1.82, 2.24) is 16.0 Å². The van der Waals surface area contributed by atoms with E-state index in [2.05, 4.69) is 22.0 Å². The summed E-state index contributed by atoms with van der Waals surface area (Å²) in [6.45, 7) is 0.653. The fourth-order valence-electron chi connectivity index (χ4n) is 4.59.